The van der Waals surface area contributed by atoms with Crippen LogP contribution in [0.4, 0.5) is 0 Å². The molecule has 0 radical (unpaired) electrons. The Hall–Kier alpha value is -1.03. The average Bonchev–Trinajstić information content (AvgIpc) is 2.71. The Labute approximate surface area is 134 Å². The first-order chi connectivity index (χ1) is 10.3. The van der Waals surface area contributed by atoms with E-state index in [0.29, 0.717) is 5.92 Å². The van der Waals surface area contributed by atoms with Gasteiger partial charge in [0.1, 0.15) is 12.4 Å². The lowest BCUT2D eigenvalue weighted by Gasteiger charge is -2.20. The number of ether oxygens (including phenoxy) is 1. The third kappa shape index (κ3) is 4.00. The summed E-state index contributed by atoms with van der Waals surface area (Å²) in [7, 11) is 0. The second kappa shape index (κ2) is 7.30. The number of fused-ring (bicyclic) bond motifs is 1. The van der Waals surface area contributed by atoms with E-state index < -0.39 is 0 Å². The first-order valence-electron chi connectivity index (χ1n) is 7.94. The molecule has 4 heteroatoms. The predicted molar refractivity (Wildman–Crippen MR) is 87.9 cm³/mol. The van der Waals surface area contributed by atoms with Crippen LogP contribution >= 0.6 is 15.9 Å². The molecule has 1 aromatic carbocycles. The van der Waals surface area contributed by atoms with Gasteiger partial charge in [0, 0.05) is 10.0 Å². The van der Waals surface area contributed by atoms with Crippen molar-refractivity contribution in [2.24, 2.45) is 11.1 Å². The highest BCUT2D eigenvalue weighted by Crippen LogP contribution is 2.28. The molecule has 0 aromatic heterocycles. The largest absolute Gasteiger partial charge is 0.493 e. The molecule has 1 saturated carbocycles. The monoisotopic (exact) mass is 351 g/mol. The summed E-state index contributed by atoms with van der Waals surface area (Å²) in [6.07, 6.45) is 8.53. The second-order valence-electron chi connectivity index (χ2n) is 5.93. The van der Waals surface area contributed by atoms with Crippen LogP contribution in [0.5, 0.6) is 5.75 Å². The Bertz CT molecular complexity index is 510. The van der Waals surface area contributed by atoms with Gasteiger partial charge in [0.25, 0.3) is 0 Å². The van der Waals surface area contributed by atoms with E-state index in [4.69, 9.17) is 9.57 Å². The number of halogens is 1. The molecule has 21 heavy (non-hydrogen) atoms. The molecule has 0 saturated heterocycles. The van der Waals surface area contributed by atoms with Gasteiger partial charge in [0.2, 0.25) is 0 Å². The van der Waals surface area contributed by atoms with Crippen LogP contribution in [0.15, 0.2) is 27.8 Å². The summed E-state index contributed by atoms with van der Waals surface area (Å²) < 4.78 is 6.82. The Balaban J connectivity index is 1.69. The van der Waals surface area contributed by atoms with Crippen LogP contribution in [0, 0.1) is 5.92 Å². The third-order valence-corrected chi connectivity index (χ3v) is 4.77. The Morgan fingerprint density at radius 1 is 1.19 bits per heavy atom. The van der Waals surface area contributed by atoms with Gasteiger partial charge in [-0.2, -0.15) is 0 Å². The van der Waals surface area contributed by atoms with Crippen LogP contribution in [-0.4, -0.2) is 18.9 Å². The van der Waals surface area contributed by atoms with Crippen molar-refractivity contribution in [1.82, 2.24) is 0 Å². The minimum Gasteiger partial charge on any atom is -0.493 e. The molecular weight excluding hydrogens is 330 g/mol. The Morgan fingerprint density at radius 2 is 2.05 bits per heavy atom. The maximum atomic E-state index is 5.77. The Morgan fingerprint density at radius 3 is 2.90 bits per heavy atom. The van der Waals surface area contributed by atoms with E-state index in [9.17, 15) is 0 Å². The van der Waals surface area contributed by atoms with Crippen molar-refractivity contribution in [1.29, 1.82) is 0 Å². The van der Waals surface area contributed by atoms with Gasteiger partial charge in [-0.1, -0.05) is 40.3 Å². The SMILES string of the molecule is Brc1ccc2c(c1)/C(=N/OCC1CCCCC1)CCCO2. The van der Waals surface area contributed by atoms with Crippen LogP contribution in [0.2, 0.25) is 0 Å². The molecule has 1 aliphatic carbocycles. The fourth-order valence-corrected chi connectivity index (χ4v) is 3.44. The smallest absolute Gasteiger partial charge is 0.128 e. The van der Waals surface area contributed by atoms with Crippen molar-refractivity contribution in [2.45, 2.75) is 44.9 Å². The molecule has 3 rings (SSSR count). The maximum absolute atomic E-state index is 5.77. The number of hydrogen-bond donors (Lipinski definition) is 0. The molecule has 1 fully saturated rings. The molecule has 2 aliphatic rings. The summed E-state index contributed by atoms with van der Waals surface area (Å²) in [4.78, 5) is 5.68. The van der Waals surface area contributed by atoms with Crippen LogP contribution in [-0.2, 0) is 4.84 Å². The summed E-state index contributed by atoms with van der Waals surface area (Å²) in [6.45, 7) is 1.50. The number of nitrogens with zero attached hydrogens (tertiary/aromatic N) is 1. The van der Waals surface area contributed by atoms with Crippen LogP contribution in [0.1, 0.15) is 50.5 Å². The zero-order valence-electron chi connectivity index (χ0n) is 12.3. The topological polar surface area (TPSA) is 30.8 Å². The lowest BCUT2D eigenvalue weighted by atomic mass is 9.90. The van der Waals surface area contributed by atoms with E-state index in [2.05, 4.69) is 27.2 Å². The minimum atomic E-state index is 0.687. The first kappa shape index (κ1) is 14.9. The minimum absolute atomic E-state index is 0.687. The molecule has 1 heterocycles. The molecule has 0 bridgehead atoms. The Kier molecular flexibility index (Phi) is 5.17. The van der Waals surface area contributed by atoms with E-state index in [-0.39, 0.29) is 0 Å². The van der Waals surface area contributed by atoms with Gasteiger partial charge in [-0.15, -0.1) is 0 Å². The highest BCUT2D eigenvalue weighted by molar-refractivity contribution is 9.10. The molecule has 0 N–H and O–H groups in total. The first-order valence-corrected chi connectivity index (χ1v) is 8.74. The molecule has 0 amide bonds. The second-order valence-corrected chi connectivity index (χ2v) is 6.85. The van der Waals surface area contributed by atoms with Gasteiger partial charge < -0.3 is 9.57 Å². The molecule has 114 valence electrons. The fourth-order valence-electron chi connectivity index (χ4n) is 3.08. The van der Waals surface area contributed by atoms with Crippen molar-refractivity contribution < 1.29 is 9.57 Å². The zero-order chi connectivity index (χ0) is 14.5. The molecule has 0 unspecified atom stereocenters. The maximum Gasteiger partial charge on any atom is 0.128 e. The quantitative estimate of drug-likeness (QED) is 0.723. The van der Waals surface area contributed by atoms with Crippen LogP contribution in [0.25, 0.3) is 0 Å². The van der Waals surface area contributed by atoms with Gasteiger partial charge >= 0.3 is 0 Å². The third-order valence-electron chi connectivity index (χ3n) is 4.28. The average molecular weight is 352 g/mol. The number of oxime groups is 1. The number of rotatable bonds is 3. The molecule has 0 atom stereocenters. The van der Waals surface area contributed by atoms with Gasteiger partial charge in [0.15, 0.2) is 0 Å². The summed E-state index contributed by atoms with van der Waals surface area (Å²) >= 11 is 3.52. The predicted octanol–water partition coefficient (Wildman–Crippen LogP) is 4.92. The molecular formula is C17H22BrNO2. The summed E-state index contributed by atoms with van der Waals surface area (Å²) in [6, 6.07) is 6.08. The lowest BCUT2D eigenvalue weighted by Crippen LogP contribution is -2.12. The molecule has 3 nitrogen and oxygen atoms in total. The summed E-state index contributed by atoms with van der Waals surface area (Å²) in [5.41, 5.74) is 2.07. The summed E-state index contributed by atoms with van der Waals surface area (Å²) in [5, 5.41) is 4.44. The van der Waals surface area contributed by atoms with Gasteiger partial charge in [-0.25, -0.2) is 0 Å². The van der Waals surface area contributed by atoms with E-state index >= 15 is 0 Å². The van der Waals surface area contributed by atoms with E-state index in [1.807, 2.05) is 12.1 Å². The van der Waals surface area contributed by atoms with E-state index in [1.165, 1.54) is 32.1 Å². The molecule has 1 aromatic rings. The van der Waals surface area contributed by atoms with Crippen molar-refractivity contribution >= 4 is 21.6 Å². The number of hydrogen-bond acceptors (Lipinski definition) is 3. The highest BCUT2D eigenvalue weighted by atomic mass is 79.9. The van der Waals surface area contributed by atoms with Crippen molar-refractivity contribution in [3.8, 4) is 5.75 Å². The van der Waals surface area contributed by atoms with Crippen molar-refractivity contribution in [3.63, 3.8) is 0 Å². The number of benzene rings is 1. The highest BCUT2D eigenvalue weighted by Gasteiger charge is 2.17. The molecule has 0 spiro atoms. The van der Waals surface area contributed by atoms with Crippen LogP contribution in [0.3, 0.4) is 0 Å². The van der Waals surface area contributed by atoms with Crippen molar-refractivity contribution in [3.05, 3.63) is 28.2 Å². The van der Waals surface area contributed by atoms with E-state index in [0.717, 1.165) is 47.6 Å². The molecule has 1 aliphatic heterocycles. The van der Waals surface area contributed by atoms with Crippen molar-refractivity contribution in [2.75, 3.05) is 13.2 Å². The van der Waals surface area contributed by atoms with E-state index in [1.54, 1.807) is 0 Å². The lowest BCUT2D eigenvalue weighted by molar-refractivity contribution is 0.0913. The fraction of sp³-hybridized carbons (Fsp3) is 0.588. The normalized spacial score (nSPS) is 21.5. The standard InChI is InChI=1S/C17H22BrNO2/c18-14-8-9-17-15(11-14)16(7-4-10-20-17)19-21-12-13-5-2-1-3-6-13/h8-9,11,13H,1-7,10,12H2/b19-16+. The summed E-state index contributed by atoms with van der Waals surface area (Å²) in [5.74, 6) is 1.60. The van der Waals surface area contributed by atoms with Gasteiger partial charge in [-0.05, 0) is 49.8 Å². The zero-order valence-corrected chi connectivity index (χ0v) is 13.9. The van der Waals surface area contributed by atoms with Crippen LogP contribution < -0.4 is 4.74 Å². The van der Waals surface area contributed by atoms with Gasteiger partial charge in [-0.3, -0.25) is 0 Å². The van der Waals surface area contributed by atoms with Gasteiger partial charge in [0.05, 0.1) is 12.3 Å².